The predicted molar refractivity (Wildman–Crippen MR) is 138 cm³/mol. The van der Waals surface area contributed by atoms with Crippen molar-refractivity contribution in [2.45, 2.75) is 23.9 Å². The average Bonchev–Trinajstić information content (AvgIpc) is 3.30. The molecule has 190 valence electrons. The Bertz CT molecular complexity index is 1390. The van der Waals surface area contributed by atoms with Gasteiger partial charge in [0.15, 0.2) is 0 Å². The Hall–Kier alpha value is -3.98. The van der Waals surface area contributed by atoms with Crippen LogP contribution in [0.4, 0.5) is 0 Å². The molecule has 4 aromatic rings. The molecule has 1 fully saturated rings. The standard InChI is InChI=1S/C29H28N2O6/c1-35-23-14-12-22(13-15-23)29(20-8-4-2-5-9-20,21-10-6-3-7-11-21)37-19-25-27(33)24(18-36-25)31-17-16-26(32)30-28(31)34/h2-17,24-25,27,33H,18-19H2,1H3,(H,30,32,34)/t24-,25-,27+/m0/s1. The van der Waals surface area contributed by atoms with Crippen LogP contribution in [0.5, 0.6) is 5.75 Å². The molecule has 2 N–H and O–H groups in total. The van der Waals surface area contributed by atoms with E-state index in [1.165, 1.54) is 16.8 Å². The van der Waals surface area contributed by atoms with E-state index >= 15 is 0 Å². The van der Waals surface area contributed by atoms with Crippen LogP contribution >= 0.6 is 0 Å². The lowest BCUT2D eigenvalue weighted by Crippen LogP contribution is -2.41. The van der Waals surface area contributed by atoms with Crippen molar-refractivity contribution >= 4 is 0 Å². The van der Waals surface area contributed by atoms with E-state index in [0.29, 0.717) is 0 Å². The van der Waals surface area contributed by atoms with Crippen molar-refractivity contribution in [3.63, 3.8) is 0 Å². The van der Waals surface area contributed by atoms with Gasteiger partial charge in [-0.3, -0.25) is 14.3 Å². The Morgan fingerprint density at radius 2 is 1.51 bits per heavy atom. The summed E-state index contributed by atoms with van der Waals surface area (Å²) in [5.74, 6) is 0.725. The summed E-state index contributed by atoms with van der Waals surface area (Å²) in [5.41, 5.74) is 0.601. The summed E-state index contributed by atoms with van der Waals surface area (Å²) in [7, 11) is 1.62. The minimum atomic E-state index is -1.02. The molecular formula is C29H28N2O6. The number of benzene rings is 3. The Morgan fingerprint density at radius 3 is 2.08 bits per heavy atom. The number of ether oxygens (including phenoxy) is 3. The molecule has 0 bridgehead atoms. The molecule has 5 rings (SSSR count). The molecule has 0 aliphatic carbocycles. The zero-order chi connectivity index (χ0) is 25.8. The lowest BCUT2D eigenvalue weighted by atomic mass is 9.80. The Labute approximate surface area is 213 Å². The Kier molecular flexibility index (Phi) is 7.05. The molecule has 8 nitrogen and oxygen atoms in total. The quantitative estimate of drug-likeness (QED) is 0.361. The molecule has 37 heavy (non-hydrogen) atoms. The topological polar surface area (TPSA) is 103 Å². The van der Waals surface area contributed by atoms with E-state index in [1.807, 2.05) is 84.9 Å². The van der Waals surface area contributed by atoms with E-state index in [9.17, 15) is 14.7 Å². The number of aliphatic hydroxyl groups is 1. The van der Waals surface area contributed by atoms with Gasteiger partial charge in [0.25, 0.3) is 5.56 Å². The second-order valence-corrected chi connectivity index (χ2v) is 8.90. The second kappa shape index (κ2) is 10.6. The van der Waals surface area contributed by atoms with E-state index in [1.54, 1.807) is 7.11 Å². The predicted octanol–water partition coefficient (Wildman–Crippen LogP) is 2.85. The fourth-order valence-corrected chi connectivity index (χ4v) is 4.88. The maximum absolute atomic E-state index is 12.3. The maximum Gasteiger partial charge on any atom is 0.328 e. The molecule has 0 amide bonds. The molecule has 3 atom stereocenters. The smallest absolute Gasteiger partial charge is 0.328 e. The van der Waals surface area contributed by atoms with Crippen LogP contribution in [0, 0.1) is 0 Å². The van der Waals surface area contributed by atoms with Gasteiger partial charge in [-0.25, -0.2) is 4.79 Å². The number of nitrogens with one attached hydrogen (secondary N) is 1. The molecular weight excluding hydrogens is 472 g/mol. The van der Waals surface area contributed by atoms with Gasteiger partial charge in [-0.1, -0.05) is 72.8 Å². The number of aromatic amines is 1. The van der Waals surface area contributed by atoms with Crippen molar-refractivity contribution < 1.29 is 19.3 Å². The van der Waals surface area contributed by atoms with Gasteiger partial charge in [-0.15, -0.1) is 0 Å². The van der Waals surface area contributed by atoms with Gasteiger partial charge < -0.3 is 19.3 Å². The first-order valence-electron chi connectivity index (χ1n) is 12.0. The first-order valence-corrected chi connectivity index (χ1v) is 12.0. The van der Waals surface area contributed by atoms with E-state index in [4.69, 9.17) is 14.2 Å². The van der Waals surface area contributed by atoms with Gasteiger partial charge in [-0.05, 0) is 28.8 Å². The van der Waals surface area contributed by atoms with Crippen LogP contribution in [0.25, 0.3) is 0 Å². The lowest BCUT2D eigenvalue weighted by Gasteiger charge is -2.37. The highest BCUT2D eigenvalue weighted by molar-refractivity contribution is 5.48. The van der Waals surface area contributed by atoms with Gasteiger partial charge in [0.05, 0.1) is 26.4 Å². The highest BCUT2D eigenvalue weighted by Gasteiger charge is 2.42. The SMILES string of the molecule is COc1ccc(C(OC[C@@H]2OC[C@H](n3ccc(=O)[nH]c3=O)[C@H]2O)(c2ccccc2)c2ccccc2)cc1. The monoisotopic (exact) mass is 500 g/mol. The van der Waals surface area contributed by atoms with Crippen LogP contribution in [0.15, 0.2) is 107 Å². The van der Waals surface area contributed by atoms with Gasteiger partial charge in [0.1, 0.15) is 23.6 Å². The third-order valence-electron chi connectivity index (χ3n) is 6.79. The minimum Gasteiger partial charge on any atom is -0.497 e. The molecule has 0 radical (unpaired) electrons. The number of methoxy groups -OCH3 is 1. The molecule has 1 aliphatic heterocycles. The second-order valence-electron chi connectivity index (χ2n) is 8.90. The van der Waals surface area contributed by atoms with Crippen molar-refractivity contribution in [3.8, 4) is 5.75 Å². The largest absolute Gasteiger partial charge is 0.497 e. The van der Waals surface area contributed by atoms with Crippen LogP contribution in [-0.2, 0) is 15.1 Å². The molecule has 0 saturated carbocycles. The van der Waals surface area contributed by atoms with Crippen molar-refractivity contribution in [2.24, 2.45) is 0 Å². The molecule has 2 heterocycles. The molecule has 1 aromatic heterocycles. The number of H-pyrrole nitrogens is 1. The van der Waals surface area contributed by atoms with E-state index in [0.717, 1.165) is 22.4 Å². The number of rotatable bonds is 8. The fourth-order valence-electron chi connectivity index (χ4n) is 4.88. The summed E-state index contributed by atoms with van der Waals surface area (Å²) in [4.78, 5) is 26.0. The summed E-state index contributed by atoms with van der Waals surface area (Å²) in [6.45, 7) is 0.152. The highest BCUT2D eigenvalue weighted by atomic mass is 16.6. The van der Waals surface area contributed by atoms with Crippen LogP contribution in [0.3, 0.4) is 0 Å². The summed E-state index contributed by atoms with van der Waals surface area (Å²) < 4.78 is 19.4. The third-order valence-corrected chi connectivity index (χ3v) is 6.79. The first-order chi connectivity index (χ1) is 18.0. The van der Waals surface area contributed by atoms with Crippen LogP contribution in [0.1, 0.15) is 22.7 Å². The van der Waals surface area contributed by atoms with Gasteiger partial charge >= 0.3 is 5.69 Å². The lowest BCUT2D eigenvalue weighted by molar-refractivity contribution is -0.0706. The van der Waals surface area contributed by atoms with E-state index in [-0.39, 0.29) is 13.2 Å². The summed E-state index contributed by atoms with van der Waals surface area (Å²) in [6.07, 6.45) is -0.352. The van der Waals surface area contributed by atoms with E-state index in [2.05, 4.69) is 4.98 Å². The summed E-state index contributed by atoms with van der Waals surface area (Å²) in [6, 6.07) is 28.1. The third kappa shape index (κ3) is 4.74. The first kappa shape index (κ1) is 24.7. The van der Waals surface area contributed by atoms with Crippen molar-refractivity contribution in [1.29, 1.82) is 0 Å². The molecule has 0 spiro atoms. The van der Waals surface area contributed by atoms with E-state index < -0.39 is 35.1 Å². The van der Waals surface area contributed by atoms with Gasteiger partial charge in [0, 0.05) is 12.3 Å². The summed E-state index contributed by atoms with van der Waals surface area (Å²) >= 11 is 0. The number of aromatic nitrogens is 2. The maximum atomic E-state index is 12.3. The zero-order valence-corrected chi connectivity index (χ0v) is 20.3. The van der Waals surface area contributed by atoms with Crippen LogP contribution in [0.2, 0.25) is 0 Å². The normalized spacial score (nSPS) is 19.6. The van der Waals surface area contributed by atoms with Gasteiger partial charge in [0.2, 0.25) is 0 Å². The number of hydrogen-bond acceptors (Lipinski definition) is 6. The van der Waals surface area contributed by atoms with Crippen LogP contribution < -0.4 is 16.0 Å². The fraction of sp³-hybridized carbons (Fsp3) is 0.241. The number of hydrogen-bond donors (Lipinski definition) is 2. The molecule has 0 unspecified atom stereocenters. The average molecular weight is 501 g/mol. The van der Waals surface area contributed by atoms with Crippen LogP contribution in [-0.4, -0.2) is 47.2 Å². The van der Waals surface area contributed by atoms with Crippen molar-refractivity contribution in [2.75, 3.05) is 20.3 Å². The number of nitrogens with zero attached hydrogens (tertiary/aromatic N) is 1. The Balaban J connectivity index is 1.52. The molecule has 1 aliphatic rings. The molecule has 1 saturated heterocycles. The minimum absolute atomic E-state index is 0.0472. The highest BCUT2D eigenvalue weighted by Crippen LogP contribution is 2.41. The number of aliphatic hydroxyl groups excluding tert-OH is 1. The van der Waals surface area contributed by atoms with Gasteiger partial charge in [-0.2, -0.15) is 0 Å². The molecule has 3 aromatic carbocycles. The summed E-state index contributed by atoms with van der Waals surface area (Å²) in [5, 5.41) is 11.1. The van der Waals surface area contributed by atoms with Crippen molar-refractivity contribution in [1.82, 2.24) is 9.55 Å². The zero-order valence-electron chi connectivity index (χ0n) is 20.3. The van der Waals surface area contributed by atoms with Crippen molar-refractivity contribution in [3.05, 3.63) is 135 Å². The molecule has 8 heteroatoms. The Morgan fingerprint density at radius 1 is 0.919 bits per heavy atom.